The molecular formula is C13H18OTe. The molecule has 0 bridgehead atoms. The van der Waals surface area contributed by atoms with Gasteiger partial charge in [0.25, 0.3) is 0 Å². The van der Waals surface area contributed by atoms with E-state index in [0.717, 1.165) is 19.3 Å². The molecule has 0 amide bonds. The summed E-state index contributed by atoms with van der Waals surface area (Å²) in [4.78, 5) is 13.8. The Bertz CT molecular complexity index is 282. The summed E-state index contributed by atoms with van der Waals surface area (Å²) in [5, 5.41) is 0. The molecule has 0 fully saturated rings. The number of ketones is 1. The molecule has 0 aliphatic heterocycles. The minimum atomic E-state index is 0.220. The Hall–Kier alpha value is -0.320. The SMILES string of the molecule is C[Te]CCCC(=O)CCc1ccccc1. The van der Waals surface area contributed by atoms with E-state index < -0.39 is 0 Å². The van der Waals surface area contributed by atoms with Gasteiger partial charge in [-0.05, 0) is 0 Å². The van der Waals surface area contributed by atoms with Crippen LogP contribution in [0.3, 0.4) is 0 Å². The predicted octanol–water partition coefficient (Wildman–Crippen LogP) is 3.14. The maximum absolute atomic E-state index is 11.5. The Balaban J connectivity index is 2.17. The van der Waals surface area contributed by atoms with Gasteiger partial charge in [0.2, 0.25) is 0 Å². The van der Waals surface area contributed by atoms with E-state index in [1.165, 1.54) is 10.0 Å². The molecule has 0 unspecified atom stereocenters. The average molecular weight is 318 g/mol. The second kappa shape index (κ2) is 7.91. The van der Waals surface area contributed by atoms with Gasteiger partial charge in [-0.2, -0.15) is 0 Å². The number of hydrogen-bond donors (Lipinski definition) is 0. The monoisotopic (exact) mass is 320 g/mol. The van der Waals surface area contributed by atoms with Gasteiger partial charge >= 0.3 is 103 Å². The molecule has 82 valence electrons. The molecule has 0 heterocycles. The molecule has 0 N–H and O–H groups in total. The van der Waals surface area contributed by atoms with Crippen LogP contribution in [0.5, 0.6) is 0 Å². The van der Waals surface area contributed by atoms with Crippen LogP contribution in [0, 0.1) is 0 Å². The number of hydrogen-bond acceptors (Lipinski definition) is 1. The van der Waals surface area contributed by atoms with Crippen molar-refractivity contribution < 1.29 is 4.79 Å². The fraction of sp³-hybridized carbons (Fsp3) is 0.462. The van der Waals surface area contributed by atoms with Crippen molar-refractivity contribution in [2.45, 2.75) is 35.1 Å². The van der Waals surface area contributed by atoms with Crippen molar-refractivity contribution >= 4 is 26.7 Å². The first-order valence-electron chi connectivity index (χ1n) is 5.37. The van der Waals surface area contributed by atoms with Gasteiger partial charge in [0.15, 0.2) is 0 Å². The molecule has 1 aromatic rings. The van der Waals surface area contributed by atoms with Crippen LogP contribution in [0.4, 0.5) is 0 Å². The predicted molar refractivity (Wildman–Crippen MR) is 65.4 cm³/mol. The van der Waals surface area contributed by atoms with Gasteiger partial charge in [0.1, 0.15) is 0 Å². The topological polar surface area (TPSA) is 17.1 Å². The quantitative estimate of drug-likeness (QED) is 0.558. The molecule has 0 radical (unpaired) electrons. The van der Waals surface area contributed by atoms with E-state index in [-0.39, 0.29) is 20.9 Å². The van der Waals surface area contributed by atoms with Crippen molar-refractivity contribution in [3.05, 3.63) is 35.9 Å². The van der Waals surface area contributed by atoms with Gasteiger partial charge < -0.3 is 0 Å². The Morgan fingerprint density at radius 2 is 1.93 bits per heavy atom. The first kappa shape index (κ1) is 12.7. The van der Waals surface area contributed by atoms with Gasteiger partial charge in [0.05, 0.1) is 0 Å². The van der Waals surface area contributed by atoms with Crippen LogP contribution < -0.4 is 0 Å². The molecule has 15 heavy (non-hydrogen) atoms. The number of aryl methyl sites for hydroxylation is 1. The normalized spacial score (nSPS) is 10.2. The minimum absolute atomic E-state index is 0.220. The number of carbonyl (C=O) groups is 1. The summed E-state index contributed by atoms with van der Waals surface area (Å²) >= 11 is 0.220. The molecule has 2 heteroatoms. The van der Waals surface area contributed by atoms with Gasteiger partial charge in [-0.3, -0.25) is 0 Å². The summed E-state index contributed by atoms with van der Waals surface area (Å²) in [6.07, 6.45) is 3.54. The van der Waals surface area contributed by atoms with Crippen LogP contribution >= 0.6 is 0 Å². The molecule has 0 aliphatic rings. The van der Waals surface area contributed by atoms with Crippen LogP contribution in [0.25, 0.3) is 0 Å². The third kappa shape index (κ3) is 5.97. The van der Waals surface area contributed by atoms with Crippen LogP contribution in [-0.4, -0.2) is 26.7 Å². The molecule has 1 nitrogen and oxygen atoms in total. The van der Waals surface area contributed by atoms with Crippen molar-refractivity contribution in [1.29, 1.82) is 0 Å². The number of carbonyl (C=O) groups excluding carboxylic acids is 1. The second-order valence-corrected chi connectivity index (χ2v) is 6.43. The van der Waals surface area contributed by atoms with Crippen molar-refractivity contribution in [1.82, 2.24) is 0 Å². The second-order valence-electron chi connectivity index (χ2n) is 3.62. The van der Waals surface area contributed by atoms with Crippen molar-refractivity contribution in [2.75, 3.05) is 0 Å². The van der Waals surface area contributed by atoms with E-state index >= 15 is 0 Å². The molecular weight excluding hydrogens is 300 g/mol. The zero-order chi connectivity index (χ0) is 10.9. The van der Waals surface area contributed by atoms with E-state index in [4.69, 9.17) is 0 Å². The molecule has 0 saturated heterocycles. The number of rotatable bonds is 7. The zero-order valence-electron chi connectivity index (χ0n) is 9.24. The molecule has 0 saturated carbocycles. The number of Topliss-reactive ketones (excluding diaryl/α,β-unsaturated/α-hetero) is 1. The van der Waals surface area contributed by atoms with Gasteiger partial charge in [0, 0.05) is 0 Å². The Morgan fingerprint density at radius 1 is 1.20 bits per heavy atom. The number of benzene rings is 1. The van der Waals surface area contributed by atoms with E-state index in [1.54, 1.807) is 0 Å². The summed E-state index contributed by atoms with van der Waals surface area (Å²) in [7, 11) is 0. The molecule has 0 aromatic heterocycles. The van der Waals surface area contributed by atoms with Crippen molar-refractivity contribution in [2.24, 2.45) is 0 Å². The van der Waals surface area contributed by atoms with Crippen LogP contribution in [0.1, 0.15) is 24.8 Å². The van der Waals surface area contributed by atoms with E-state index in [2.05, 4.69) is 17.1 Å². The third-order valence-electron chi connectivity index (χ3n) is 2.34. The van der Waals surface area contributed by atoms with Gasteiger partial charge in [-0.1, -0.05) is 0 Å². The van der Waals surface area contributed by atoms with Crippen molar-refractivity contribution in [3.63, 3.8) is 0 Å². The molecule has 0 spiro atoms. The van der Waals surface area contributed by atoms with Crippen LogP contribution in [0.2, 0.25) is 9.44 Å². The zero-order valence-corrected chi connectivity index (χ0v) is 11.6. The maximum atomic E-state index is 11.5. The fourth-order valence-corrected chi connectivity index (χ4v) is 2.70. The van der Waals surface area contributed by atoms with Gasteiger partial charge in [-0.15, -0.1) is 0 Å². The van der Waals surface area contributed by atoms with Crippen molar-refractivity contribution in [3.8, 4) is 0 Å². The first-order chi connectivity index (χ1) is 7.33. The van der Waals surface area contributed by atoms with E-state index in [1.807, 2.05) is 18.2 Å². The van der Waals surface area contributed by atoms with Crippen LogP contribution in [0.15, 0.2) is 30.3 Å². The Morgan fingerprint density at radius 3 is 2.60 bits per heavy atom. The summed E-state index contributed by atoms with van der Waals surface area (Å²) in [5.74, 6) is 0.430. The Labute approximate surface area is 102 Å². The van der Waals surface area contributed by atoms with Gasteiger partial charge in [-0.25, -0.2) is 0 Å². The summed E-state index contributed by atoms with van der Waals surface area (Å²) in [5.41, 5.74) is 1.27. The first-order valence-corrected chi connectivity index (χ1v) is 9.35. The Kier molecular flexibility index (Phi) is 6.72. The molecule has 1 rings (SSSR count). The molecule has 1 aromatic carbocycles. The molecule has 0 atom stereocenters. The van der Waals surface area contributed by atoms with E-state index in [9.17, 15) is 4.79 Å². The average Bonchev–Trinajstić information content (AvgIpc) is 2.28. The van der Waals surface area contributed by atoms with E-state index in [0.29, 0.717) is 12.2 Å². The molecule has 0 aliphatic carbocycles. The fourth-order valence-electron chi connectivity index (χ4n) is 1.47. The third-order valence-corrected chi connectivity index (χ3v) is 4.33. The standard InChI is InChI=1S/C13H18OTe/c1-15-11-5-8-13(14)10-9-12-6-3-2-4-7-12/h2-4,6-7H,5,8-11H2,1H3. The summed E-state index contributed by atoms with van der Waals surface area (Å²) in [6, 6.07) is 10.2. The van der Waals surface area contributed by atoms with Crippen LogP contribution in [-0.2, 0) is 11.2 Å². The summed E-state index contributed by atoms with van der Waals surface area (Å²) < 4.78 is 1.31. The summed E-state index contributed by atoms with van der Waals surface area (Å²) in [6.45, 7) is 0.